The summed E-state index contributed by atoms with van der Waals surface area (Å²) in [4.78, 5) is 37.8. The van der Waals surface area contributed by atoms with Crippen LogP contribution < -0.4 is 9.80 Å². The molecule has 10 heteroatoms. The third kappa shape index (κ3) is 6.98. The number of hydrogen-bond donors (Lipinski definition) is 0. The topological polar surface area (TPSA) is 85.5 Å². The average molecular weight is 627 g/mol. The van der Waals surface area contributed by atoms with E-state index in [1.807, 2.05) is 52.4 Å². The fraction of sp³-hybridized carbons (Fsp3) is 0.353. The van der Waals surface area contributed by atoms with Gasteiger partial charge in [0.15, 0.2) is 0 Å². The first-order valence-corrected chi connectivity index (χ1v) is 16.3. The van der Waals surface area contributed by atoms with Crippen molar-refractivity contribution in [2.45, 2.75) is 45.2 Å². The van der Waals surface area contributed by atoms with Crippen molar-refractivity contribution < 1.29 is 9.59 Å². The van der Waals surface area contributed by atoms with Crippen molar-refractivity contribution in [2.24, 2.45) is 5.92 Å². The van der Waals surface area contributed by atoms with Crippen LogP contribution in [0.1, 0.15) is 58.6 Å². The monoisotopic (exact) mass is 626 g/mol. The Balaban J connectivity index is 1.15. The van der Waals surface area contributed by atoms with Crippen LogP contribution in [0.4, 0.5) is 11.4 Å². The van der Waals surface area contributed by atoms with E-state index in [9.17, 15) is 9.59 Å². The molecule has 4 aromatic rings. The van der Waals surface area contributed by atoms with Gasteiger partial charge in [0.05, 0.1) is 39.4 Å². The molecule has 1 aliphatic heterocycles. The second-order valence-corrected chi connectivity index (χ2v) is 13.3. The number of halogens is 1. The number of aromatic nitrogens is 2. The van der Waals surface area contributed by atoms with Gasteiger partial charge in [-0.25, -0.2) is 4.98 Å². The van der Waals surface area contributed by atoms with E-state index < -0.39 is 0 Å². The molecule has 226 valence electrons. The molecule has 2 aromatic heterocycles. The molecule has 0 N–H and O–H groups in total. The minimum absolute atomic E-state index is 0.0340. The van der Waals surface area contributed by atoms with Crippen LogP contribution in [-0.4, -0.2) is 52.4 Å². The SMILES string of the molecule is N#Cc1ccc(Cn2cncc2CN(C(=O)CC2CCCC2)c2ccc(N3CCN(C(=O)c4ccc(Cl)s4)CC3)cc2)cc1. The molecule has 2 amide bonds. The molecule has 1 saturated carbocycles. The molecule has 44 heavy (non-hydrogen) atoms. The summed E-state index contributed by atoms with van der Waals surface area (Å²) in [6, 6.07) is 21.5. The number of thiophene rings is 1. The molecule has 8 nitrogen and oxygen atoms in total. The zero-order chi connectivity index (χ0) is 30.5. The van der Waals surface area contributed by atoms with Crippen molar-refractivity contribution >= 4 is 46.1 Å². The molecular weight excluding hydrogens is 592 g/mol. The van der Waals surface area contributed by atoms with Gasteiger partial charge in [0.1, 0.15) is 0 Å². The number of amides is 2. The Labute approximate surface area is 267 Å². The smallest absolute Gasteiger partial charge is 0.264 e. The van der Waals surface area contributed by atoms with Crippen molar-refractivity contribution in [3.63, 3.8) is 0 Å². The summed E-state index contributed by atoms with van der Waals surface area (Å²) in [5, 5.41) is 9.13. The third-order valence-electron chi connectivity index (χ3n) is 8.67. The number of piperazine rings is 1. The maximum Gasteiger partial charge on any atom is 0.264 e. The third-order valence-corrected chi connectivity index (χ3v) is 9.89. The highest BCUT2D eigenvalue weighted by Gasteiger charge is 2.26. The molecule has 2 aromatic carbocycles. The van der Waals surface area contributed by atoms with Gasteiger partial charge in [0.2, 0.25) is 5.91 Å². The number of anilines is 2. The summed E-state index contributed by atoms with van der Waals surface area (Å²) < 4.78 is 2.69. The predicted octanol–water partition coefficient (Wildman–Crippen LogP) is 6.59. The summed E-state index contributed by atoms with van der Waals surface area (Å²) in [6.45, 7) is 3.80. The number of rotatable bonds is 9. The molecule has 3 heterocycles. The summed E-state index contributed by atoms with van der Waals surface area (Å²) >= 11 is 7.35. The molecule has 6 rings (SSSR count). The van der Waals surface area contributed by atoms with E-state index in [1.54, 1.807) is 18.5 Å². The molecule has 1 saturated heterocycles. The van der Waals surface area contributed by atoms with Gasteiger partial charge in [-0.1, -0.05) is 36.6 Å². The van der Waals surface area contributed by atoms with E-state index in [1.165, 1.54) is 24.2 Å². The fourth-order valence-corrected chi connectivity index (χ4v) is 7.17. The lowest BCUT2D eigenvalue weighted by molar-refractivity contribution is -0.119. The Kier molecular flexibility index (Phi) is 9.29. The lowest BCUT2D eigenvalue weighted by Gasteiger charge is -2.36. The summed E-state index contributed by atoms with van der Waals surface area (Å²) in [6.07, 6.45) is 8.81. The van der Waals surface area contributed by atoms with E-state index >= 15 is 0 Å². The summed E-state index contributed by atoms with van der Waals surface area (Å²) in [5.74, 6) is 0.611. The molecule has 0 radical (unpaired) electrons. The molecule has 2 aliphatic rings. The maximum absolute atomic E-state index is 13.8. The Morgan fingerprint density at radius 1 is 0.977 bits per heavy atom. The van der Waals surface area contributed by atoms with Gasteiger partial charge >= 0.3 is 0 Å². The lowest BCUT2D eigenvalue weighted by Crippen LogP contribution is -2.48. The fourth-order valence-electron chi connectivity index (χ4n) is 6.16. The van der Waals surface area contributed by atoms with Crippen molar-refractivity contribution in [3.8, 4) is 6.07 Å². The van der Waals surface area contributed by atoms with Gasteiger partial charge in [0, 0.05) is 56.7 Å². The van der Waals surface area contributed by atoms with Crippen LogP contribution in [0.25, 0.3) is 0 Å². The number of benzene rings is 2. The number of hydrogen-bond acceptors (Lipinski definition) is 6. The van der Waals surface area contributed by atoms with Gasteiger partial charge < -0.3 is 19.3 Å². The number of carbonyl (C=O) groups excluding carboxylic acids is 2. The van der Waals surface area contributed by atoms with Gasteiger partial charge in [-0.2, -0.15) is 5.26 Å². The van der Waals surface area contributed by atoms with Crippen molar-refractivity contribution in [1.82, 2.24) is 14.5 Å². The Morgan fingerprint density at radius 2 is 1.70 bits per heavy atom. The Morgan fingerprint density at radius 3 is 2.36 bits per heavy atom. The largest absolute Gasteiger partial charge is 0.368 e. The van der Waals surface area contributed by atoms with Gasteiger partial charge in [0.25, 0.3) is 5.91 Å². The van der Waals surface area contributed by atoms with Crippen LogP contribution >= 0.6 is 22.9 Å². The number of carbonyl (C=O) groups is 2. The van der Waals surface area contributed by atoms with Crippen LogP contribution in [-0.2, 0) is 17.9 Å². The van der Waals surface area contributed by atoms with Crippen LogP contribution in [0, 0.1) is 17.2 Å². The van der Waals surface area contributed by atoms with E-state index in [-0.39, 0.29) is 11.8 Å². The number of imidazole rings is 1. The predicted molar refractivity (Wildman–Crippen MR) is 174 cm³/mol. The zero-order valence-corrected chi connectivity index (χ0v) is 26.1. The molecule has 0 unspecified atom stereocenters. The van der Waals surface area contributed by atoms with Crippen molar-refractivity contribution in [1.29, 1.82) is 5.26 Å². The zero-order valence-electron chi connectivity index (χ0n) is 24.6. The van der Waals surface area contributed by atoms with E-state index in [2.05, 4.69) is 32.7 Å². The van der Waals surface area contributed by atoms with Crippen LogP contribution in [0.2, 0.25) is 4.34 Å². The molecule has 2 fully saturated rings. The normalized spacial score (nSPS) is 15.4. The second kappa shape index (κ2) is 13.7. The molecular formula is C34H35ClN6O2S. The minimum atomic E-state index is 0.0340. The quantitative estimate of drug-likeness (QED) is 0.209. The van der Waals surface area contributed by atoms with E-state index in [4.69, 9.17) is 16.9 Å². The molecule has 1 aliphatic carbocycles. The molecule has 0 bridgehead atoms. The van der Waals surface area contributed by atoms with Crippen molar-refractivity contribution in [2.75, 3.05) is 36.0 Å². The Bertz CT molecular complexity index is 1630. The first-order valence-electron chi connectivity index (χ1n) is 15.1. The highest BCUT2D eigenvalue weighted by molar-refractivity contribution is 7.17. The van der Waals surface area contributed by atoms with Gasteiger partial charge in [-0.3, -0.25) is 9.59 Å². The van der Waals surface area contributed by atoms with Crippen molar-refractivity contribution in [3.05, 3.63) is 99.2 Å². The highest BCUT2D eigenvalue weighted by atomic mass is 35.5. The number of nitriles is 1. The maximum atomic E-state index is 13.8. The molecule has 0 spiro atoms. The lowest BCUT2D eigenvalue weighted by atomic mass is 10.0. The van der Waals surface area contributed by atoms with Gasteiger partial charge in [-0.05, 0) is 72.9 Å². The Hall–Kier alpha value is -4.13. The standard InChI is InChI=1S/C34H35ClN6O2S/c35-32-14-13-31(44-32)34(43)39-17-15-38(16-18-39)28-9-11-29(12-10-28)41(33(42)19-25-3-1-2-4-25)23-30-21-37-24-40(30)22-27-7-5-26(20-36)6-8-27/h5-14,21,24-25H,1-4,15-19,22-23H2. The minimum Gasteiger partial charge on any atom is -0.368 e. The summed E-state index contributed by atoms with van der Waals surface area (Å²) in [5.41, 5.74) is 4.59. The van der Waals surface area contributed by atoms with E-state index in [0.29, 0.717) is 53.3 Å². The van der Waals surface area contributed by atoms with Gasteiger partial charge in [-0.15, -0.1) is 11.3 Å². The van der Waals surface area contributed by atoms with Crippen LogP contribution in [0.3, 0.4) is 0 Å². The average Bonchev–Trinajstić information content (AvgIpc) is 3.83. The first-order chi connectivity index (χ1) is 21.5. The summed E-state index contributed by atoms with van der Waals surface area (Å²) in [7, 11) is 0. The highest BCUT2D eigenvalue weighted by Crippen LogP contribution is 2.31. The molecule has 0 atom stereocenters. The first kappa shape index (κ1) is 29.9. The number of nitrogens with zero attached hydrogens (tertiary/aromatic N) is 6. The van der Waals surface area contributed by atoms with Crippen LogP contribution in [0.5, 0.6) is 0 Å². The van der Waals surface area contributed by atoms with Crippen LogP contribution in [0.15, 0.2) is 73.2 Å². The second-order valence-electron chi connectivity index (χ2n) is 11.6. The van der Waals surface area contributed by atoms with E-state index in [0.717, 1.165) is 48.6 Å².